The van der Waals surface area contributed by atoms with E-state index in [1.807, 2.05) is 18.2 Å². The van der Waals surface area contributed by atoms with Gasteiger partial charge in [0.15, 0.2) is 0 Å². The van der Waals surface area contributed by atoms with Crippen molar-refractivity contribution < 1.29 is 13.5 Å². The van der Waals surface area contributed by atoms with Crippen molar-refractivity contribution >= 4 is 21.5 Å². The first-order valence-corrected chi connectivity index (χ1v) is 8.08. The molecule has 0 spiro atoms. The van der Waals surface area contributed by atoms with Crippen molar-refractivity contribution in [1.82, 2.24) is 0 Å². The molecule has 0 N–H and O–H groups in total. The van der Waals surface area contributed by atoms with Gasteiger partial charge in [0.1, 0.15) is 24.0 Å². The summed E-state index contributed by atoms with van der Waals surface area (Å²) in [4.78, 5) is 0. The zero-order chi connectivity index (χ0) is 16.6. The van der Waals surface area contributed by atoms with E-state index in [1.54, 1.807) is 6.92 Å². The van der Waals surface area contributed by atoms with E-state index in [0.717, 1.165) is 28.8 Å². The molecule has 0 aromatic heterocycles. The van der Waals surface area contributed by atoms with Gasteiger partial charge in [0.25, 0.3) is 0 Å². The quantitative estimate of drug-likeness (QED) is 0.513. The molecular weight excluding hydrogens is 364 g/mol. The number of rotatable bonds is 1. The van der Waals surface area contributed by atoms with Crippen LogP contribution in [0.4, 0.5) is 8.78 Å². The molecule has 0 bridgehead atoms. The first-order chi connectivity index (χ1) is 11.0. The zero-order valence-corrected chi connectivity index (χ0v) is 13.9. The summed E-state index contributed by atoms with van der Waals surface area (Å²) < 4.78 is 33.6. The molecule has 0 unspecified atom stereocenters. The van der Waals surface area contributed by atoms with Crippen LogP contribution in [-0.2, 0) is 11.9 Å². The minimum absolute atomic E-state index is 0.115. The first-order valence-electron chi connectivity index (χ1n) is 6.96. The average Bonchev–Trinajstić information content (AvgIpc) is 2.70. The highest BCUT2D eigenvalue weighted by molar-refractivity contribution is 9.08. The average molecular weight is 376 g/mol. The van der Waals surface area contributed by atoms with Gasteiger partial charge in [0, 0.05) is 28.6 Å². The number of ether oxygens (including phenoxy) is 1. The first kappa shape index (κ1) is 15.7. The van der Waals surface area contributed by atoms with Crippen molar-refractivity contribution in [3.63, 3.8) is 0 Å². The third kappa shape index (κ3) is 2.75. The fourth-order valence-electron chi connectivity index (χ4n) is 2.74. The van der Waals surface area contributed by atoms with Crippen molar-refractivity contribution in [2.75, 3.05) is 0 Å². The van der Waals surface area contributed by atoms with Crippen LogP contribution in [0.1, 0.15) is 29.2 Å². The highest BCUT2D eigenvalue weighted by atomic mass is 79.9. The molecule has 116 valence electrons. The monoisotopic (exact) mass is 375 g/mol. The van der Waals surface area contributed by atoms with E-state index in [4.69, 9.17) is 4.74 Å². The third-order valence-corrected chi connectivity index (χ3v) is 4.44. The number of nitriles is 1. The van der Waals surface area contributed by atoms with Crippen LogP contribution in [0.15, 0.2) is 35.9 Å². The summed E-state index contributed by atoms with van der Waals surface area (Å²) >= 11 is 3.40. The van der Waals surface area contributed by atoms with Crippen LogP contribution in [0.5, 0.6) is 5.75 Å². The molecule has 0 aliphatic carbocycles. The van der Waals surface area contributed by atoms with Gasteiger partial charge < -0.3 is 4.74 Å². The Morgan fingerprint density at radius 2 is 2.09 bits per heavy atom. The largest absolute Gasteiger partial charge is 0.488 e. The van der Waals surface area contributed by atoms with Gasteiger partial charge in [-0.15, -0.1) is 0 Å². The molecule has 1 aliphatic heterocycles. The van der Waals surface area contributed by atoms with Gasteiger partial charge in [-0.1, -0.05) is 34.1 Å². The Morgan fingerprint density at radius 1 is 1.30 bits per heavy atom. The molecule has 0 fully saturated rings. The summed E-state index contributed by atoms with van der Waals surface area (Å²) in [7, 11) is 0. The van der Waals surface area contributed by atoms with Crippen molar-refractivity contribution in [1.29, 1.82) is 5.26 Å². The Balaban J connectivity index is 2.35. The predicted molar refractivity (Wildman–Crippen MR) is 87.1 cm³/mol. The summed E-state index contributed by atoms with van der Waals surface area (Å²) in [6.45, 7) is 1.81. The summed E-state index contributed by atoms with van der Waals surface area (Å²) in [5.74, 6) is -1.33. The van der Waals surface area contributed by atoms with Gasteiger partial charge in [-0.3, -0.25) is 0 Å². The maximum absolute atomic E-state index is 14.4. The van der Waals surface area contributed by atoms with E-state index in [1.165, 1.54) is 0 Å². The fraction of sp³-hybridized carbons (Fsp3) is 0.167. The Labute approximate surface area is 141 Å². The molecule has 0 saturated heterocycles. The highest BCUT2D eigenvalue weighted by Crippen LogP contribution is 2.40. The minimum Gasteiger partial charge on any atom is -0.488 e. The molecule has 0 amide bonds. The molecule has 2 aromatic carbocycles. The van der Waals surface area contributed by atoms with Gasteiger partial charge in [-0.05, 0) is 23.6 Å². The van der Waals surface area contributed by atoms with Gasteiger partial charge in [-0.2, -0.15) is 5.26 Å². The minimum atomic E-state index is -0.734. The number of benzene rings is 2. The van der Waals surface area contributed by atoms with E-state index >= 15 is 0 Å². The Bertz CT molecular complexity index is 868. The lowest BCUT2D eigenvalue weighted by Gasteiger charge is -2.13. The van der Waals surface area contributed by atoms with Gasteiger partial charge in [0.05, 0.1) is 11.6 Å². The normalized spacial score (nSPS) is 14.9. The molecule has 0 atom stereocenters. The van der Waals surface area contributed by atoms with E-state index in [2.05, 4.69) is 22.0 Å². The number of allylic oxidation sites excluding steroid dienone is 1. The number of nitrogens with zero attached hydrogens (tertiary/aromatic N) is 1. The van der Waals surface area contributed by atoms with Gasteiger partial charge >= 0.3 is 0 Å². The molecule has 1 aliphatic rings. The van der Waals surface area contributed by atoms with Crippen LogP contribution < -0.4 is 4.74 Å². The Morgan fingerprint density at radius 3 is 2.78 bits per heavy atom. The Kier molecular flexibility index (Phi) is 4.18. The second-order valence-corrected chi connectivity index (χ2v) is 5.85. The summed E-state index contributed by atoms with van der Waals surface area (Å²) in [5.41, 5.74) is 3.55. The van der Waals surface area contributed by atoms with Crippen molar-refractivity contribution in [2.24, 2.45) is 0 Å². The van der Waals surface area contributed by atoms with Crippen molar-refractivity contribution in [2.45, 2.75) is 18.9 Å². The Hall–Kier alpha value is -2.19. The van der Waals surface area contributed by atoms with Crippen LogP contribution >= 0.6 is 15.9 Å². The molecule has 0 saturated carbocycles. The highest BCUT2D eigenvalue weighted by Gasteiger charge is 2.25. The molecule has 1 heterocycles. The molecule has 23 heavy (non-hydrogen) atoms. The summed E-state index contributed by atoms with van der Waals surface area (Å²) in [5, 5.41) is 10.00. The predicted octanol–water partition coefficient (Wildman–Crippen LogP) is 5.10. The molecule has 0 radical (unpaired) electrons. The van der Waals surface area contributed by atoms with Crippen LogP contribution in [0.25, 0.3) is 5.57 Å². The summed E-state index contributed by atoms with van der Waals surface area (Å²) in [6, 6.07) is 9.73. The lowest BCUT2D eigenvalue weighted by molar-refractivity contribution is 0.303. The van der Waals surface area contributed by atoms with Gasteiger partial charge in [0.2, 0.25) is 0 Å². The lowest BCUT2D eigenvalue weighted by Crippen LogP contribution is -1.98. The maximum Gasteiger partial charge on any atom is 0.137 e. The maximum atomic E-state index is 14.4. The van der Waals surface area contributed by atoms with E-state index in [0.29, 0.717) is 16.5 Å². The van der Waals surface area contributed by atoms with E-state index < -0.39 is 11.6 Å². The number of hydrogen-bond acceptors (Lipinski definition) is 2. The smallest absolute Gasteiger partial charge is 0.137 e. The van der Waals surface area contributed by atoms with Crippen LogP contribution in [0.3, 0.4) is 0 Å². The second kappa shape index (κ2) is 6.13. The molecule has 2 nitrogen and oxygen atoms in total. The molecule has 2 aromatic rings. The molecule has 3 rings (SSSR count). The number of fused-ring (bicyclic) bond motifs is 2. The summed E-state index contributed by atoms with van der Waals surface area (Å²) in [6.07, 6.45) is 0. The number of hydrogen-bond donors (Lipinski definition) is 0. The topological polar surface area (TPSA) is 33.0 Å². The zero-order valence-electron chi connectivity index (χ0n) is 12.3. The molecular formula is C18H12BrF2NO. The van der Waals surface area contributed by atoms with Crippen LogP contribution in [0.2, 0.25) is 0 Å². The van der Waals surface area contributed by atoms with E-state index in [-0.39, 0.29) is 17.9 Å². The van der Waals surface area contributed by atoms with Crippen LogP contribution in [-0.4, -0.2) is 0 Å². The van der Waals surface area contributed by atoms with Crippen molar-refractivity contribution in [3.05, 3.63) is 69.8 Å². The van der Waals surface area contributed by atoms with Crippen molar-refractivity contribution in [3.8, 4) is 11.8 Å². The fourth-order valence-corrected chi connectivity index (χ4v) is 3.08. The lowest BCUT2D eigenvalue weighted by atomic mass is 9.90. The SMILES string of the molecule is C/C(C#N)=C1\c2ccc(CBr)cc2COc2cc(F)cc(F)c21. The van der Waals surface area contributed by atoms with E-state index in [9.17, 15) is 14.0 Å². The number of alkyl halides is 1. The second-order valence-electron chi connectivity index (χ2n) is 5.29. The van der Waals surface area contributed by atoms with Gasteiger partial charge in [-0.25, -0.2) is 8.78 Å². The number of halogens is 3. The molecule has 5 heteroatoms. The standard InChI is InChI=1S/C18H12BrF2NO/c1-10(8-22)17-14-3-2-11(7-19)4-12(14)9-23-16-6-13(20)5-15(21)18(16)17/h2-6H,7,9H2,1H3/b17-10-. The third-order valence-electron chi connectivity index (χ3n) is 3.79. The van der Waals surface area contributed by atoms with Crippen LogP contribution in [0, 0.1) is 23.0 Å².